The minimum Gasteiger partial charge on any atom is -0.481 e. The maximum absolute atomic E-state index is 11.9. The molecule has 0 saturated heterocycles. The van der Waals surface area contributed by atoms with Gasteiger partial charge in [-0.25, -0.2) is 0 Å². The third kappa shape index (κ3) is 5.15. The molecule has 0 bridgehead atoms. The van der Waals surface area contributed by atoms with Gasteiger partial charge < -0.3 is 15.4 Å². The molecule has 2 N–H and O–H groups in total. The van der Waals surface area contributed by atoms with E-state index in [0.717, 1.165) is 5.39 Å². The Bertz CT molecular complexity index is 950. The van der Waals surface area contributed by atoms with Gasteiger partial charge in [0.15, 0.2) is 6.61 Å². The third-order valence-electron chi connectivity index (χ3n) is 3.66. The van der Waals surface area contributed by atoms with E-state index >= 15 is 0 Å². The SMILES string of the molecule is O=C(COc1ccc(Cl)c2cccnc12)NCCC(=O)Nc1cccnc1. The zero-order valence-electron chi connectivity index (χ0n) is 14.3. The van der Waals surface area contributed by atoms with Crippen LogP contribution < -0.4 is 15.4 Å². The van der Waals surface area contributed by atoms with Gasteiger partial charge in [0.05, 0.1) is 16.9 Å². The average Bonchev–Trinajstić information content (AvgIpc) is 2.68. The summed E-state index contributed by atoms with van der Waals surface area (Å²) in [6, 6.07) is 10.4. The van der Waals surface area contributed by atoms with Gasteiger partial charge in [0, 0.05) is 30.7 Å². The van der Waals surface area contributed by atoms with Crippen molar-refractivity contribution in [3.05, 3.63) is 60.0 Å². The molecule has 2 heterocycles. The number of carbonyl (C=O) groups is 2. The minimum atomic E-state index is -0.330. The van der Waals surface area contributed by atoms with Gasteiger partial charge in [-0.05, 0) is 36.4 Å². The number of anilines is 1. The van der Waals surface area contributed by atoms with Crippen LogP contribution in [0.2, 0.25) is 5.02 Å². The molecule has 0 saturated carbocycles. The second-order valence-electron chi connectivity index (χ2n) is 5.62. The number of rotatable bonds is 7. The smallest absolute Gasteiger partial charge is 0.257 e. The lowest BCUT2D eigenvalue weighted by atomic mass is 10.2. The third-order valence-corrected chi connectivity index (χ3v) is 3.99. The second-order valence-corrected chi connectivity index (χ2v) is 6.03. The van der Waals surface area contributed by atoms with Crippen LogP contribution in [0.1, 0.15) is 6.42 Å². The van der Waals surface area contributed by atoms with Crippen molar-refractivity contribution in [1.29, 1.82) is 0 Å². The van der Waals surface area contributed by atoms with Gasteiger partial charge in [0.2, 0.25) is 5.91 Å². The lowest BCUT2D eigenvalue weighted by molar-refractivity contribution is -0.123. The molecule has 3 rings (SSSR count). The molecule has 2 amide bonds. The number of halogens is 1. The molecule has 3 aromatic rings. The van der Waals surface area contributed by atoms with E-state index in [4.69, 9.17) is 16.3 Å². The largest absolute Gasteiger partial charge is 0.481 e. The summed E-state index contributed by atoms with van der Waals surface area (Å²) >= 11 is 6.13. The average molecular weight is 385 g/mol. The molecular formula is C19H17ClN4O3. The molecule has 138 valence electrons. The van der Waals surface area contributed by atoms with Gasteiger partial charge in [-0.3, -0.25) is 19.6 Å². The van der Waals surface area contributed by atoms with Gasteiger partial charge >= 0.3 is 0 Å². The molecule has 0 unspecified atom stereocenters. The van der Waals surface area contributed by atoms with Crippen molar-refractivity contribution in [2.75, 3.05) is 18.5 Å². The van der Waals surface area contributed by atoms with Gasteiger partial charge in [0.1, 0.15) is 11.3 Å². The summed E-state index contributed by atoms with van der Waals surface area (Å²) in [6.07, 6.45) is 4.95. The zero-order valence-corrected chi connectivity index (χ0v) is 15.1. The number of amides is 2. The standard InChI is InChI=1S/C19H17ClN4O3/c20-15-5-6-16(19-14(15)4-2-9-23-19)27-12-18(26)22-10-7-17(25)24-13-3-1-8-21-11-13/h1-6,8-9,11H,7,10,12H2,(H,22,26)(H,24,25). The summed E-state index contributed by atoms with van der Waals surface area (Å²) in [6.45, 7) is 0.0193. The molecule has 0 aliphatic rings. The number of ether oxygens (including phenoxy) is 1. The number of nitrogens with one attached hydrogen (secondary N) is 2. The fourth-order valence-electron chi connectivity index (χ4n) is 2.40. The first-order valence-electron chi connectivity index (χ1n) is 8.26. The number of carbonyl (C=O) groups excluding carboxylic acids is 2. The number of hydrogen-bond acceptors (Lipinski definition) is 5. The van der Waals surface area contributed by atoms with Gasteiger partial charge in [-0.1, -0.05) is 11.6 Å². The Kier molecular flexibility index (Phi) is 6.17. The van der Waals surface area contributed by atoms with Crippen LogP contribution in [-0.4, -0.2) is 34.9 Å². The van der Waals surface area contributed by atoms with E-state index in [1.54, 1.807) is 48.9 Å². The lowest BCUT2D eigenvalue weighted by Gasteiger charge is -2.10. The van der Waals surface area contributed by atoms with Crippen LogP contribution in [0.5, 0.6) is 5.75 Å². The first-order valence-corrected chi connectivity index (χ1v) is 8.64. The van der Waals surface area contributed by atoms with Crippen LogP contribution in [0.15, 0.2) is 55.0 Å². The molecule has 0 aliphatic carbocycles. The highest BCUT2D eigenvalue weighted by Crippen LogP contribution is 2.29. The van der Waals surface area contributed by atoms with Crippen LogP contribution >= 0.6 is 11.6 Å². The lowest BCUT2D eigenvalue weighted by Crippen LogP contribution is -2.31. The summed E-state index contributed by atoms with van der Waals surface area (Å²) in [5.41, 5.74) is 1.20. The normalized spacial score (nSPS) is 10.4. The second kappa shape index (κ2) is 8.95. The van der Waals surface area contributed by atoms with Crippen molar-refractivity contribution < 1.29 is 14.3 Å². The van der Waals surface area contributed by atoms with Crippen molar-refractivity contribution in [3.8, 4) is 5.75 Å². The molecule has 0 spiro atoms. The van der Waals surface area contributed by atoms with E-state index in [-0.39, 0.29) is 31.4 Å². The molecule has 2 aromatic heterocycles. The Morgan fingerprint density at radius 3 is 2.74 bits per heavy atom. The maximum atomic E-state index is 11.9. The summed E-state index contributed by atoms with van der Waals surface area (Å²) in [7, 11) is 0. The van der Waals surface area contributed by atoms with Gasteiger partial charge in [-0.15, -0.1) is 0 Å². The van der Waals surface area contributed by atoms with Crippen molar-refractivity contribution in [3.63, 3.8) is 0 Å². The fraction of sp³-hybridized carbons (Fsp3) is 0.158. The van der Waals surface area contributed by atoms with Crippen LogP contribution in [0.4, 0.5) is 5.69 Å². The number of pyridine rings is 2. The van der Waals surface area contributed by atoms with E-state index < -0.39 is 0 Å². The summed E-state index contributed by atoms with van der Waals surface area (Å²) in [5.74, 6) is -0.0696. The van der Waals surface area contributed by atoms with Crippen molar-refractivity contribution in [1.82, 2.24) is 15.3 Å². The Balaban J connectivity index is 1.45. The molecule has 27 heavy (non-hydrogen) atoms. The maximum Gasteiger partial charge on any atom is 0.257 e. The predicted molar refractivity (Wildman–Crippen MR) is 103 cm³/mol. The van der Waals surface area contributed by atoms with Crippen LogP contribution in [0.3, 0.4) is 0 Å². The first-order chi connectivity index (χ1) is 13.1. The minimum absolute atomic E-state index is 0.145. The van der Waals surface area contributed by atoms with E-state index in [1.807, 2.05) is 6.07 Å². The highest BCUT2D eigenvalue weighted by atomic mass is 35.5. The highest BCUT2D eigenvalue weighted by Gasteiger charge is 2.09. The molecule has 0 atom stereocenters. The van der Waals surface area contributed by atoms with Crippen molar-refractivity contribution in [2.45, 2.75) is 6.42 Å². The quantitative estimate of drug-likeness (QED) is 0.653. The van der Waals surface area contributed by atoms with Gasteiger partial charge in [-0.2, -0.15) is 0 Å². The number of hydrogen-bond donors (Lipinski definition) is 2. The molecule has 0 aliphatic heterocycles. The Hall–Kier alpha value is -3.19. The number of benzene rings is 1. The van der Waals surface area contributed by atoms with Crippen LogP contribution in [-0.2, 0) is 9.59 Å². The molecule has 1 aromatic carbocycles. The summed E-state index contributed by atoms with van der Waals surface area (Å²) in [4.78, 5) is 31.9. The highest BCUT2D eigenvalue weighted by molar-refractivity contribution is 6.35. The van der Waals surface area contributed by atoms with Crippen molar-refractivity contribution in [2.24, 2.45) is 0 Å². The summed E-state index contributed by atoms with van der Waals surface area (Å²) < 4.78 is 5.55. The topological polar surface area (TPSA) is 93.2 Å². The Morgan fingerprint density at radius 1 is 1.07 bits per heavy atom. The van der Waals surface area contributed by atoms with Crippen molar-refractivity contribution >= 4 is 40.0 Å². The van der Waals surface area contributed by atoms with E-state index in [9.17, 15) is 9.59 Å². The zero-order chi connectivity index (χ0) is 19.1. The van der Waals surface area contributed by atoms with Gasteiger partial charge in [0.25, 0.3) is 5.91 Å². The predicted octanol–water partition coefficient (Wildman–Crippen LogP) is 2.81. The van der Waals surface area contributed by atoms with Crippen LogP contribution in [0.25, 0.3) is 10.9 Å². The molecular weight excluding hydrogens is 368 g/mol. The number of fused-ring (bicyclic) bond motifs is 1. The Morgan fingerprint density at radius 2 is 1.93 bits per heavy atom. The number of nitrogens with zero attached hydrogens (tertiary/aromatic N) is 2. The van der Waals surface area contributed by atoms with E-state index in [1.165, 1.54) is 0 Å². The fourth-order valence-corrected chi connectivity index (χ4v) is 2.61. The number of aromatic nitrogens is 2. The molecule has 0 fully saturated rings. The Labute approximate surface area is 160 Å². The molecule has 7 nitrogen and oxygen atoms in total. The van der Waals surface area contributed by atoms with Crippen LogP contribution in [0, 0.1) is 0 Å². The summed E-state index contributed by atoms with van der Waals surface area (Å²) in [5, 5.41) is 6.65. The van der Waals surface area contributed by atoms with E-state index in [2.05, 4.69) is 20.6 Å². The molecule has 8 heteroatoms. The molecule has 0 radical (unpaired) electrons. The monoisotopic (exact) mass is 384 g/mol. The van der Waals surface area contributed by atoms with E-state index in [0.29, 0.717) is 22.0 Å². The first kappa shape index (κ1) is 18.6.